The number of aromatic nitrogens is 2. The molecule has 0 fully saturated rings. The lowest BCUT2D eigenvalue weighted by Gasteiger charge is -2.13. The largest absolute Gasteiger partial charge is 0.478 e. The summed E-state index contributed by atoms with van der Waals surface area (Å²) < 4.78 is 1.81. The second kappa shape index (κ2) is 5.95. The van der Waals surface area contributed by atoms with Crippen LogP contribution in [0.15, 0.2) is 18.2 Å². The van der Waals surface area contributed by atoms with E-state index >= 15 is 0 Å². The van der Waals surface area contributed by atoms with Crippen LogP contribution >= 0.6 is 0 Å². The summed E-state index contributed by atoms with van der Waals surface area (Å²) in [6.45, 7) is 2.19. The Morgan fingerprint density at radius 3 is 2.62 bits per heavy atom. The van der Waals surface area contributed by atoms with E-state index < -0.39 is 5.97 Å². The topological polar surface area (TPSA) is 75.4 Å². The number of para-hydroxylation sites is 1. The molecule has 0 aliphatic heterocycles. The standard InChI is InChI=1S/C15H19N3O3/c1-4-6-12-16-14-10(15(20)21)7-5-8-11(14)18(12)9-13(19)17(2)3/h5,7-8H,4,6,9H2,1-3H3,(H,20,21). The molecule has 1 aromatic heterocycles. The normalized spacial score (nSPS) is 10.8. The molecule has 21 heavy (non-hydrogen) atoms. The summed E-state index contributed by atoms with van der Waals surface area (Å²) in [5.41, 5.74) is 1.30. The maximum Gasteiger partial charge on any atom is 0.337 e. The first-order valence-electron chi connectivity index (χ1n) is 6.87. The number of hydrogen-bond acceptors (Lipinski definition) is 3. The lowest BCUT2D eigenvalue weighted by Crippen LogP contribution is -2.27. The lowest BCUT2D eigenvalue weighted by molar-refractivity contribution is -0.129. The summed E-state index contributed by atoms with van der Waals surface area (Å²) >= 11 is 0. The highest BCUT2D eigenvalue weighted by Gasteiger charge is 2.18. The number of fused-ring (bicyclic) bond motifs is 1. The zero-order valence-corrected chi connectivity index (χ0v) is 12.5. The summed E-state index contributed by atoms with van der Waals surface area (Å²) in [5.74, 6) is -0.309. The Kier molecular flexibility index (Phi) is 4.26. The van der Waals surface area contributed by atoms with Gasteiger partial charge in [0.1, 0.15) is 17.9 Å². The van der Waals surface area contributed by atoms with Gasteiger partial charge in [-0.25, -0.2) is 9.78 Å². The monoisotopic (exact) mass is 289 g/mol. The number of aryl methyl sites for hydroxylation is 1. The predicted octanol–water partition coefficient (Wildman–Crippen LogP) is 1.78. The fourth-order valence-electron chi connectivity index (χ4n) is 2.24. The zero-order valence-electron chi connectivity index (χ0n) is 12.5. The van der Waals surface area contributed by atoms with Crippen LogP contribution < -0.4 is 0 Å². The average molecular weight is 289 g/mol. The van der Waals surface area contributed by atoms with Gasteiger partial charge < -0.3 is 14.6 Å². The van der Waals surface area contributed by atoms with Crippen molar-refractivity contribution in [2.45, 2.75) is 26.3 Å². The Labute approximate surface area is 123 Å². The molecule has 1 amide bonds. The quantitative estimate of drug-likeness (QED) is 0.910. The first-order chi connectivity index (χ1) is 9.95. The van der Waals surface area contributed by atoms with Crippen molar-refractivity contribution in [3.8, 4) is 0 Å². The van der Waals surface area contributed by atoms with E-state index in [0.29, 0.717) is 17.5 Å². The minimum Gasteiger partial charge on any atom is -0.478 e. The predicted molar refractivity (Wildman–Crippen MR) is 79.4 cm³/mol. The molecule has 112 valence electrons. The van der Waals surface area contributed by atoms with Gasteiger partial charge in [-0.15, -0.1) is 0 Å². The first-order valence-corrected chi connectivity index (χ1v) is 6.87. The van der Waals surface area contributed by atoms with E-state index in [4.69, 9.17) is 0 Å². The van der Waals surface area contributed by atoms with Gasteiger partial charge in [0.05, 0.1) is 11.1 Å². The van der Waals surface area contributed by atoms with E-state index in [2.05, 4.69) is 4.98 Å². The Morgan fingerprint density at radius 2 is 2.05 bits per heavy atom. The average Bonchev–Trinajstić information content (AvgIpc) is 2.77. The molecule has 0 radical (unpaired) electrons. The van der Waals surface area contributed by atoms with Crippen LogP contribution in [0.4, 0.5) is 0 Å². The van der Waals surface area contributed by atoms with E-state index in [-0.39, 0.29) is 18.0 Å². The number of imidazole rings is 1. The number of benzene rings is 1. The molecule has 2 aromatic rings. The van der Waals surface area contributed by atoms with Gasteiger partial charge >= 0.3 is 5.97 Å². The number of amides is 1. The molecule has 1 N–H and O–H groups in total. The number of rotatable bonds is 5. The zero-order chi connectivity index (χ0) is 15.6. The highest BCUT2D eigenvalue weighted by Crippen LogP contribution is 2.21. The minimum atomic E-state index is -1.01. The Morgan fingerprint density at radius 1 is 1.33 bits per heavy atom. The van der Waals surface area contributed by atoms with Gasteiger partial charge in [0.15, 0.2) is 0 Å². The van der Waals surface area contributed by atoms with Crippen molar-refractivity contribution in [3.63, 3.8) is 0 Å². The third-order valence-corrected chi connectivity index (χ3v) is 3.35. The van der Waals surface area contributed by atoms with Gasteiger partial charge in [0, 0.05) is 20.5 Å². The molecule has 0 spiro atoms. The summed E-state index contributed by atoms with van der Waals surface area (Å²) in [4.78, 5) is 29.3. The van der Waals surface area contributed by atoms with Crippen LogP contribution in [-0.4, -0.2) is 45.5 Å². The van der Waals surface area contributed by atoms with Gasteiger partial charge in [0.25, 0.3) is 0 Å². The van der Waals surface area contributed by atoms with Crippen molar-refractivity contribution in [1.29, 1.82) is 0 Å². The third-order valence-electron chi connectivity index (χ3n) is 3.35. The molecule has 6 heteroatoms. The summed E-state index contributed by atoms with van der Waals surface area (Å²) in [7, 11) is 3.40. The van der Waals surface area contributed by atoms with Crippen LogP contribution in [0.2, 0.25) is 0 Å². The smallest absolute Gasteiger partial charge is 0.337 e. The molecular formula is C15H19N3O3. The van der Waals surface area contributed by atoms with Crippen LogP contribution in [0, 0.1) is 0 Å². The number of carbonyl (C=O) groups is 2. The third kappa shape index (κ3) is 2.89. The first kappa shape index (κ1) is 15.0. The minimum absolute atomic E-state index is 0.0487. The highest BCUT2D eigenvalue weighted by atomic mass is 16.4. The van der Waals surface area contributed by atoms with Gasteiger partial charge in [-0.2, -0.15) is 0 Å². The van der Waals surface area contributed by atoms with Crippen LogP contribution in [0.3, 0.4) is 0 Å². The number of hydrogen-bond donors (Lipinski definition) is 1. The van der Waals surface area contributed by atoms with Crippen LogP contribution in [-0.2, 0) is 17.8 Å². The van der Waals surface area contributed by atoms with Gasteiger partial charge in [0.2, 0.25) is 5.91 Å². The number of likely N-dealkylation sites (N-methyl/N-ethyl adjacent to an activating group) is 1. The van der Waals surface area contributed by atoms with Gasteiger partial charge in [-0.05, 0) is 18.6 Å². The molecule has 6 nitrogen and oxygen atoms in total. The van der Waals surface area contributed by atoms with Gasteiger partial charge in [-0.1, -0.05) is 13.0 Å². The molecule has 0 saturated heterocycles. The van der Waals surface area contributed by atoms with E-state index in [1.54, 1.807) is 26.2 Å². The van der Waals surface area contributed by atoms with Crippen molar-refractivity contribution in [3.05, 3.63) is 29.6 Å². The molecule has 0 saturated carbocycles. The second-order valence-electron chi connectivity index (χ2n) is 5.13. The molecule has 1 heterocycles. The Hall–Kier alpha value is -2.37. The van der Waals surface area contributed by atoms with Crippen molar-refractivity contribution in [2.75, 3.05) is 14.1 Å². The summed E-state index contributed by atoms with van der Waals surface area (Å²) in [6, 6.07) is 5.02. The summed E-state index contributed by atoms with van der Waals surface area (Å²) in [5, 5.41) is 9.26. The number of carboxylic acids is 1. The van der Waals surface area contributed by atoms with E-state index in [0.717, 1.165) is 12.2 Å². The van der Waals surface area contributed by atoms with E-state index in [9.17, 15) is 14.7 Å². The fourth-order valence-corrected chi connectivity index (χ4v) is 2.24. The van der Waals surface area contributed by atoms with Crippen molar-refractivity contribution >= 4 is 22.9 Å². The molecular weight excluding hydrogens is 270 g/mol. The molecule has 0 aliphatic rings. The van der Waals surface area contributed by atoms with Crippen LogP contribution in [0.5, 0.6) is 0 Å². The van der Waals surface area contributed by atoms with Crippen molar-refractivity contribution < 1.29 is 14.7 Å². The Balaban J connectivity index is 2.60. The molecule has 0 bridgehead atoms. The fraction of sp³-hybridized carbons (Fsp3) is 0.400. The van der Waals surface area contributed by atoms with Crippen molar-refractivity contribution in [1.82, 2.24) is 14.5 Å². The van der Waals surface area contributed by atoms with Gasteiger partial charge in [-0.3, -0.25) is 4.79 Å². The second-order valence-corrected chi connectivity index (χ2v) is 5.13. The molecule has 0 unspecified atom stereocenters. The van der Waals surface area contributed by atoms with E-state index in [1.165, 1.54) is 11.0 Å². The SMILES string of the molecule is CCCc1nc2c(C(=O)O)cccc2n1CC(=O)N(C)C. The Bertz CT molecular complexity index is 689. The number of aromatic carboxylic acids is 1. The van der Waals surface area contributed by atoms with Crippen LogP contribution in [0.1, 0.15) is 29.5 Å². The molecule has 1 aromatic carbocycles. The number of carbonyl (C=O) groups excluding carboxylic acids is 1. The number of carboxylic acid groups (broad SMARTS) is 1. The van der Waals surface area contributed by atoms with Crippen LogP contribution in [0.25, 0.3) is 11.0 Å². The number of nitrogens with zero attached hydrogens (tertiary/aromatic N) is 3. The van der Waals surface area contributed by atoms with E-state index in [1.807, 2.05) is 11.5 Å². The van der Waals surface area contributed by atoms with Crippen molar-refractivity contribution in [2.24, 2.45) is 0 Å². The lowest BCUT2D eigenvalue weighted by atomic mass is 10.2. The highest BCUT2D eigenvalue weighted by molar-refractivity contribution is 6.01. The molecule has 0 atom stereocenters. The maximum absolute atomic E-state index is 12.0. The maximum atomic E-state index is 12.0. The molecule has 0 aliphatic carbocycles. The molecule has 2 rings (SSSR count). The summed E-state index contributed by atoms with van der Waals surface area (Å²) in [6.07, 6.45) is 1.58.